The van der Waals surface area contributed by atoms with E-state index in [4.69, 9.17) is 5.11 Å². The van der Waals surface area contributed by atoms with Gasteiger partial charge >= 0.3 is 5.97 Å². The number of hydrogen-bond donors (Lipinski definition) is 2. The number of nitrogens with zero attached hydrogens (tertiary/aromatic N) is 3. The molecule has 2 heterocycles. The summed E-state index contributed by atoms with van der Waals surface area (Å²) in [5.74, 6) is -1.06. The van der Waals surface area contributed by atoms with E-state index in [0.29, 0.717) is 11.4 Å². The fraction of sp³-hybridized carbons (Fsp3) is 0.182. The molecule has 2 aromatic rings. The lowest BCUT2D eigenvalue weighted by Crippen LogP contribution is -2.06. The zero-order valence-electron chi connectivity index (χ0n) is 9.51. The van der Waals surface area contributed by atoms with E-state index >= 15 is 0 Å². The average molecular weight is 232 g/mol. The van der Waals surface area contributed by atoms with Gasteiger partial charge in [-0.05, 0) is 19.1 Å². The molecule has 0 bridgehead atoms. The zero-order valence-corrected chi connectivity index (χ0v) is 9.51. The number of pyridine rings is 1. The van der Waals surface area contributed by atoms with Crippen molar-refractivity contribution in [3.63, 3.8) is 0 Å². The molecular formula is C11H12N4O2. The first kappa shape index (κ1) is 11.1. The highest BCUT2D eigenvalue weighted by molar-refractivity contribution is 5.92. The summed E-state index contributed by atoms with van der Waals surface area (Å²) in [7, 11) is 1.79. The molecule has 2 N–H and O–H groups in total. The second-order valence-electron chi connectivity index (χ2n) is 3.68. The summed E-state index contributed by atoms with van der Waals surface area (Å²) in [5.41, 5.74) is 1.85. The third kappa shape index (κ3) is 2.41. The van der Waals surface area contributed by atoms with Gasteiger partial charge in [0, 0.05) is 18.9 Å². The molecule has 0 saturated carbocycles. The minimum absolute atomic E-state index is 0.00820. The van der Waals surface area contributed by atoms with Crippen LogP contribution in [0.1, 0.15) is 16.2 Å². The molecule has 0 fully saturated rings. The fourth-order valence-electron chi connectivity index (χ4n) is 1.46. The Labute approximate surface area is 97.9 Å². The first-order valence-corrected chi connectivity index (χ1v) is 5.03. The largest absolute Gasteiger partial charge is 0.476 e. The molecule has 6 nitrogen and oxygen atoms in total. The lowest BCUT2D eigenvalue weighted by Gasteiger charge is -2.07. The highest BCUT2D eigenvalue weighted by Gasteiger charge is 2.12. The van der Waals surface area contributed by atoms with E-state index in [9.17, 15) is 4.79 Å². The molecule has 2 aromatic heterocycles. The molecule has 0 unspecified atom stereocenters. The number of nitrogens with one attached hydrogen (secondary N) is 1. The van der Waals surface area contributed by atoms with Crippen molar-refractivity contribution in [2.45, 2.75) is 6.92 Å². The maximum atomic E-state index is 11.0. The Hall–Kier alpha value is -2.37. The van der Waals surface area contributed by atoms with E-state index < -0.39 is 5.97 Å². The van der Waals surface area contributed by atoms with Crippen molar-refractivity contribution in [1.29, 1.82) is 0 Å². The number of aryl methyl sites for hydroxylation is 2. The third-order valence-electron chi connectivity index (χ3n) is 2.22. The lowest BCUT2D eigenvalue weighted by molar-refractivity contribution is 0.0691. The summed E-state index contributed by atoms with van der Waals surface area (Å²) in [5, 5.41) is 16.0. The van der Waals surface area contributed by atoms with Gasteiger partial charge in [-0.2, -0.15) is 5.10 Å². The topological polar surface area (TPSA) is 80.0 Å². The Kier molecular flexibility index (Phi) is 2.78. The van der Waals surface area contributed by atoms with Crippen LogP contribution < -0.4 is 5.32 Å². The van der Waals surface area contributed by atoms with E-state index in [1.54, 1.807) is 43.2 Å². The molecule has 0 spiro atoms. The highest BCUT2D eigenvalue weighted by atomic mass is 16.4. The van der Waals surface area contributed by atoms with Crippen LogP contribution in [0.25, 0.3) is 0 Å². The van der Waals surface area contributed by atoms with Crippen LogP contribution in [0.15, 0.2) is 24.5 Å². The van der Waals surface area contributed by atoms with Gasteiger partial charge in [0.05, 0.1) is 17.6 Å². The third-order valence-corrected chi connectivity index (χ3v) is 2.22. The summed E-state index contributed by atoms with van der Waals surface area (Å²) in [6.45, 7) is 1.75. The molecule has 2 rings (SSSR count). The first-order chi connectivity index (χ1) is 8.06. The molecule has 0 atom stereocenters. The molecule has 0 amide bonds. The van der Waals surface area contributed by atoms with Gasteiger partial charge in [0.1, 0.15) is 0 Å². The lowest BCUT2D eigenvalue weighted by atomic mass is 10.2. The van der Waals surface area contributed by atoms with Crippen molar-refractivity contribution in [2.75, 3.05) is 5.32 Å². The Morgan fingerprint density at radius 3 is 2.82 bits per heavy atom. The van der Waals surface area contributed by atoms with Crippen LogP contribution in [0.2, 0.25) is 0 Å². The summed E-state index contributed by atoms with van der Waals surface area (Å²) < 4.78 is 1.63. The maximum absolute atomic E-state index is 11.0. The Morgan fingerprint density at radius 2 is 2.24 bits per heavy atom. The van der Waals surface area contributed by atoms with Crippen molar-refractivity contribution >= 4 is 17.3 Å². The molecule has 0 radical (unpaired) electrons. The summed E-state index contributed by atoms with van der Waals surface area (Å²) in [6.07, 6.45) is 3.37. The minimum atomic E-state index is -1.06. The SMILES string of the molecule is Cc1ccc(Nc2cnn(C)c2)c(C(=O)O)n1. The molecule has 0 saturated heterocycles. The van der Waals surface area contributed by atoms with Crippen LogP contribution in [-0.2, 0) is 7.05 Å². The van der Waals surface area contributed by atoms with Crippen molar-refractivity contribution in [3.8, 4) is 0 Å². The monoisotopic (exact) mass is 232 g/mol. The van der Waals surface area contributed by atoms with Crippen LogP contribution in [-0.4, -0.2) is 25.8 Å². The van der Waals surface area contributed by atoms with Crippen LogP contribution in [0.3, 0.4) is 0 Å². The highest BCUT2D eigenvalue weighted by Crippen LogP contribution is 2.19. The van der Waals surface area contributed by atoms with Gasteiger partial charge in [-0.3, -0.25) is 4.68 Å². The summed E-state index contributed by atoms with van der Waals surface area (Å²) >= 11 is 0. The van der Waals surface area contributed by atoms with Gasteiger partial charge in [-0.1, -0.05) is 0 Å². The smallest absolute Gasteiger partial charge is 0.356 e. The van der Waals surface area contributed by atoms with Crippen molar-refractivity contribution in [3.05, 3.63) is 35.9 Å². The number of hydrogen-bond acceptors (Lipinski definition) is 4. The number of carboxylic acids is 1. The number of carboxylic acid groups (broad SMARTS) is 1. The molecule has 88 valence electrons. The van der Waals surface area contributed by atoms with Crippen LogP contribution in [0.4, 0.5) is 11.4 Å². The molecule has 17 heavy (non-hydrogen) atoms. The Morgan fingerprint density at radius 1 is 1.47 bits per heavy atom. The number of rotatable bonds is 3. The number of aromatic nitrogens is 3. The van der Waals surface area contributed by atoms with Crippen molar-refractivity contribution in [1.82, 2.24) is 14.8 Å². The number of aromatic carboxylic acids is 1. The number of carbonyl (C=O) groups is 1. The van der Waals surface area contributed by atoms with E-state index in [1.807, 2.05) is 0 Å². The van der Waals surface area contributed by atoms with Gasteiger partial charge in [0.25, 0.3) is 0 Å². The van der Waals surface area contributed by atoms with Gasteiger partial charge in [0.15, 0.2) is 5.69 Å². The van der Waals surface area contributed by atoms with Crippen LogP contribution >= 0.6 is 0 Å². The maximum Gasteiger partial charge on any atom is 0.356 e. The van der Waals surface area contributed by atoms with E-state index in [2.05, 4.69) is 15.4 Å². The van der Waals surface area contributed by atoms with Crippen molar-refractivity contribution in [2.24, 2.45) is 7.05 Å². The van der Waals surface area contributed by atoms with Gasteiger partial charge in [0.2, 0.25) is 0 Å². The summed E-state index contributed by atoms with van der Waals surface area (Å²) in [4.78, 5) is 15.0. The predicted octanol–water partition coefficient (Wildman–Crippen LogP) is 1.57. The Bertz CT molecular complexity index is 562. The quantitative estimate of drug-likeness (QED) is 0.839. The second-order valence-corrected chi connectivity index (χ2v) is 3.68. The van der Waals surface area contributed by atoms with Crippen molar-refractivity contribution < 1.29 is 9.90 Å². The first-order valence-electron chi connectivity index (χ1n) is 5.03. The molecule has 6 heteroatoms. The number of anilines is 2. The Balaban J connectivity index is 2.35. The summed E-state index contributed by atoms with van der Waals surface area (Å²) in [6, 6.07) is 3.45. The average Bonchev–Trinajstić information content (AvgIpc) is 2.66. The van der Waals surface area contributed by atoms with E-state index in [1.165, 1.54) is 0 Å². The van der Waals surface area contributed by atoms with E-state index in [-0.39, 0.29) is 5.69 Å². The molecule has 0 aliphatic heterocycles. The predicted molar refractivity (Wildman–Crippen MR) is 62.4 cm³/mol. The normalized spacial score (nSPS) is 10.2. The zero-order chi connectivity index (χ0) is 12.4. The van der Waals surface area contributed by atoms with Crippen LogP contribution in [0, 0.1) is 6.92 Å². The molecule has 0 aliphatic carbocycles. The minimum Gasteiger partial charge on any atom is -0.476 e. The van der Waals surface area contributed by atoms with Gasteiger partial charge in [-0.15, -0.1) is 0 Å². The van der Waals surface area contributed by atoms with Gasteiger partial charge in [-0.25, -0.2) is 9.78 Å². The van der Waals surface area contributed by atoms with Crippen LogP contribution in [0.5, 0.6) is 0 Å². The van der Waals surface area contributed by atoms with E-state index in [0.717, 1.165) is 5.69 Å². The standard InChI is InChI=1S/C11H12N4O2/c1-7-3-4-9(10(13-7)11(16)17)14-8-5-12-15(2)6-8/h3-6,14H,1-2H3,(H,16,17). The second kappa shape index (κ2) is 4.25. The fourth-order valence-corrected chi connectivity index (χ4v) is 1.46. The molecular weight excluding hydrogens is 220 g/mol. The molecule has 0 aliphatic rings. The van der Waals surface area contributed by atoms with Gasteiger partial charge < -0.3 is 10.4 Å². The molecule has 0 aromatic carbocycles.